The summed E-state index contributed by atoms with van der Waals surface area (Å²) in [5, 5.41) is 29.1. The van der Waals surface area contributed by atoms with Crippen molar-refractivity contribution in [1.29, 1.82) is 0 Å². The van der Waals surface area contributed by atoms with Crippen LogP contribution in [0.5, 0.6) is 0 Å². The first kappa shape index (κ1) is 13.6. The Kier molecular flexibility index (Phi) is 3.87. The Labute approximate surface area is 101 Å². The SMILES string of the molecule is CC1C(C(=O)O)CC([N+](=O)[O-])C(Cl)C1[N+](=O)[O-]. The van der Waals surface area contributed by atoms with Gasteiger partial charge in [0.2, 0.25) is 12.1 Å². The van der Waals surface area contributed by atoms with Crippen LogP contribution in [0.3, 0.4) is 0 Å². The molecule has 1 fully saturated rings. The fraction of sp³-hybridized carbons (Fsp3) is 0.875. The van der Waals surface area contributed by atoms with Gasteiger partial charge in [0.05, 0.1) is 5.92 Å². The normalized spacial score (nSPS) is 37.4. The van der Waals surface area contributed by atoms with Crippen LogP contribution in [0.25, 0.3) is 0 Å². The minimum absolute atomic E-state index is 0.276. The zero-order valence-electron chi connectivity index (χ0n) is 8.85. The van der Waals surface area contributed by atoms with Gasteiger partial charge < -0.3 is 5.11 Å². The number of carboxylic acids is 1. The lowest BCUT2D eigenvalue weighted by atomic mass is 9.74. The van der Waals surface area contributed by atoms with Gasteiger partial charge in [0.1, 0.15) is 0 Å². The van der Waals surface area contributed by atoms with Crippen molar-refractivity contribution in [3.63, 3.8) is 0 Å². The van der Waals surface area contributed by atoms with Crippen LogP contribution in [0.1, 0.15) is 13.3 Å². The number of nitro groups is 2. The Morgan fingerprint density at radius 1 is 1.35 bits per heavy atom. The van der Waals surface area contributed by atoms with E-state index in [-0.39, 0.29) is 6.42 Å². The summed E-state index contributed by atoms with van der Waals surface area (Å²) in [6.45, 7) is 1.39. The Morgan fingerprint density at radius 2 is 1.88 bits per heavy atom. The van der Waals surface area contributed by atoms with Crippen LogP contribution in [0.2, 0.25) is 0 Å². The van der Waals surface area contributed by atoms with Crippen molar-refractivity contribution in [2.24, 2.45) is 11.8 Å². The maximum Gasteiger partial charge on any atom is 0.307 e. The van der Waals surface area contributed by atoms with Crippen LogP contribution in [-0.4, -0.2) is 38.4 Å². The van der Waals surface area contributed by atoms with Crippen LogP contribution in [0, 0.1) is 32.1 Å². The summed E-state index contributed by atoms with van der Waals surface area (Å²) in [5.74, 6) is -3.21. The number of hydrogen-bond donors (Lipinski definition) is 1. The largest absolute Gasteiger partial charge is 0.481 e. The predicted molar refractivity (Wildman–Crippen MR) is 56.1 cm³/mol. The summed E-state index contributed by atoms with van der Waals surface area (Å²) in [6, 6.07) is -2.81. The molecular formula is C8H11ClN2O6. The number of rotatable bonds is 3. The van der Waals surface area contributed by atoms with E-state index in [4.69, 9.17) is 16.7 Å². The lowest BCUT2D eigenvalue weighted by Gasteiger charge is -2.32. The second-order valence-electron chi connectivity index (χ2n) is 4.11. The van der Waals surface area contributed by atoms with Crippen LogP contribution < -0.4 is 0 Å². The maximum absolute atomic E-state index is 10.9. The molecular weight excluding hydrogens is 256 g/mol. The first-order valence-corrected chi connectivity index (χ1v) is 5.34. The number of hydrogen-bond acceptors (Lipinski definition) is 5. The summed E-state index contributed by atoms with van der Waals surface area (Å²) in [7, 11) is 0. The third kappa shape index (κ3) is 2.46. The smallest absolute Gasteiger partial charge is 0.307 e. The van der Waals surface area contributed by atoms with Gasteiger partial charge in [-0.3, -0.25) is 25.0 Å². The van der Waals surface area contributed by atoms with Crippen molar-refractivity contribution in [2.45, 2.75) is 30.8 Å². The molecule has 8 nitrogen and oxygen atoms in total. The van der Waals surface area contributed by atoms with Gasteiger partial charge in [-0.1, -0.05) is 6.92 Å². The number of halogens is 1. The van der Waals surface area contributed by atoms with E-state index in [0.717, 1.165) is 0 Å². The van der Waals surface area contributed by atoms with Crippen LogP contribution in [-0.2, 0) is 4.79 Å². The maximum atomic E-state index is 10.9. The molecule has 0 aromatic rings. The highest BCUT2D eigenvalue weighted by Gasteiger charge is 2.55. The Morgan fingerprint density at radius 3 is 2.24 bits per heavy atom. The molecule has 1 aliphatic rings. The molecule has 0 aromatic heterocycles. The quantitative estimate of drug-likeness (QED) is 0.454. The Balaban J connectivity index is 3.07. The van der Waals surface area contributed by atoms with Gasteiger partial charge in [0.15, 0.2) is 5.38 Å². The van der Waals surface area contributed by atoms with E-state index in [0.29, 0.717) is 0 Å². The highest BCUT2D eigenvalue weighted by molar-refractivity contribution is 6.21. The second-order valence-corrected chi connectivity index (χ2v) is 4.62. The molecule has 0 amide bonds. The molecule has 0 radical (unpaired) electrons. The highest BCUT2D eigenvalue weighted by Crippen LogP contribution is 2.36. The molecule has 1 aliphatic carbocycles. The van der Waals surface area contributed by atoms with Crippen molar-refractivity contribution in [3.8, 4) is 0 Å². The molecule has 1 N–H and O–H groups in total. The van der Waals surface area contributed by atoms with Crippen LogP contribution in [0.4, 0.5) is 0 Å². The van der Waals surface area contributed by atoms with Crippen LogP contribution in [0.15, 0.2) is 0 Å². The average molecular weight is 267 g/mol. The molecule has 0 aliphatic heterocycles. The molecule has 0 heterocycles. The minimum atomic E-state index is -1.41. The molecule has 0 spiro atoms. The minimum Gasteiger partial charge on any atom is -0.481 e. The zero-order valence-corrected chi connectivity index (χ0v) is 9.61. The third-order valence-electron chi connectivity index (χ3n) is 3.19. The number of alkyl halides is 1. The molecule has 0 aromatic carbocycles. The Bertz CT molecular complexity index is 336. The van der Waals surface area contributed by atoms with Crippen molar-refractivity contribution < 1.29 is 19.7 Å². The van der Waals surface area contributed by atoms with E-state index in [1.54, 1.807) is 0 Å². The van der Waals surface area contributed by atoms with Crippen molar-refractivity contribution in [3.05, 3.63) is 20.2 Å². The molecule has 0 saturated heterocycles. The van der Waals surface area contributed by atoms with Gasteiger partial charge in [-0.05, 0) is 0 Å². The predicted octanol–water partition coefficient (Wildman–Crippen LogP) is 0.625. The standard InChI is InChI=1S/C8H11ClN2O6/c1-3-4(8(12)13)2-5(10(14)15)6(9)7(3)11(16)17/h3-7H,2H2,1H3,(H,12,13). The Hall–Kier alpha value is -1.44. The van der Waals surface area contributed by atoms with E-state index in [1.807, 2.05) is 0 Å². The first-order chi connectivity index (χ1) is 7.77. The highest BCUT2D eigenvalue weighted by atomic mass is 35.5. The lowest BCUT2D eigenvalue weighted by molar-refractivity contribution is -0.574. The summed E-state index contributed by atoms with van der Waals surface area (Å²) in [4.78, 5) is 31.0. The van der Waals surface area contributed by atoms with Gasteiger partial charge in [0, 0.05) is 22.2 Å². The third-order valence-corrected chi connectivity index (χ3v) is 3.74. The molecule has 1 rings (SSSR count). The average Bonchev–Trinajstić information content (AvgIpc) is 2.15. The number of carbonyl (C=O) groups is 1. The topological polar surface area (TPSA) is 124 Å². The molecule has 1 saturated carbocycles. The molecule has 17 heavy (non-hydrogen) atoms. The summed E-state index contributed by atoms with van der Waals surface area (Å²) in [5.41, 5.74) is 0. The lowest BCUT2D eigenvalue weighted by Crippen LogP contribution is -2.54. The monoisotopic (exact) mass is 266 g/mol. The summed E-state index contributed by atoms with van der Waals surface area (Å²) >= 11 is 5.73. The summed E-state index contributed by atoms with van der Waals surface area (Å²) < 4.78 is 0. The van der Waals surface area contributed by atoms with E-state index >= 15 is 0 Å². The zero-order chi connectivity index (χ0) is 13.3. The van der Waals surface area contributed by atoms with E-state index in [9.17, 15) is 25.0 Å². The van der Waals surface area contributed by atoms with Crippen LogP contribution >= 0.6 is 11.6 Å². The fourth-order valence-electron chi connectivity index (χ4n) is 2.20. The van der Waals surface area contributed by atoms with Gasteiger partial charge in [0.25, 0.3) is 0 Å². The summed E-state index contributed by atoms with van der Waals surface area (Å²) in [6.07, 6.45) is -0.276. The van der Waals surface area contributed by atoms with Gasteiger partial charge in [-0.2, -0.15) is 0 Å². The van der Waals surface area contributed by atoms with E-state index in [2.05, 4.69) is 0 Å². The molecule has 5 atom stereocenters. The molecule has 96 valence electrons. The van der Waals surface area contributed by atoms with E-state index < -0.39 is 45.1 Å². The fourth-order valence-corrected chi connectivity index (χ4v) is 2.71. The van der Waals surface area contributed by atoms with Crippen molar-refractivity contribution in [2.75, 3.05) is 0 Å². The first-order valence-electron chi connectivity index (χ1n) is 4.91. The van der Waals surface area contributed by atoms with E-state index in [1.165, 1.54) is 6.92 Å². The number of nitrogens with zero attached hydrogens (tertiary/aromatic N) is 2. The number of aliphatic carboxylic acids is 1. The number of carboxylic acid groups (broad SMARTS) is 1. The van der Waals surface area contributed by atoms with Crippen molar-refractivity contribution >= 4 is 17.6 Å². The van der Waals surface area contributed by atoms with Gasteiger partial charge >= 0.3 is 5.97 Å². The van der Waals surface area contributed by atoms with Gasteiger partial charge in [-0.15, -0.1) is 11.6 Å². The molecule has 5 unspecified atom stereocenters. The molecule has 9 heteroatoms. The molecule has 0 bridgehead atoms. The second kappa shape index (κ2) is 4.82. The van der Waals surface area contributed by atoms with Gasteiger partial charge in [-0.25, -0.2) is 0 Å². The van der Waals surface area contributed by atoms with Crippen molar-refractivity contribution in [1.82, 2.24) is 0 Å².